The highest BCUT2D eigenvalue weighted by atomic mass is 32.2. The van der Waals surface area contributed by atoms with E-state index >= 15 is 0 Å². The third kappa shape index (κ3) is 4.35. The smallest absolute Gasteiger partial charge is 0.289 e. The van der Waals surface area contributed by atoms with Gasteiger partial charge in [0.1, 0.15) is 0 Å². The second-order valence-electron chi connectivity index (χ2n) is 6.66. The number of aliphatic imine (C=N–C) groups is 1. The van der Waals surface area contributed by atoms with Crippen LogP contribution in [0.25, 0.3) is 0 Å². The summed E-state index contributed by atoms with van der Waals surface area (Å²) in [6.45, 7) is 5.41. The molecule has 0 aliphatic carbocycles. The van der Waals surface area contributed by atoms with Crippen LogP contribution in [-0.2, 0) is 4.74 Å². The van der Waals surface area contributed by atoms with Crippen LogP contribution in [0.5, 0.6) is 0 Å². The Morgan fingerprint density at radius 2 is 1.96 bits per heavy atom. The van der Waals surface area contributed by atoms with Crippen LogP contribution in [-0.4, -0.2) is 85.7 Å². The molecule has 2 fully saturated rings. The van der Waals surface area contributed by atoms with Gasteiger partial charge in [-0.15, -0.1) is 0 Å². The lowest BCUT2D eigenvalue weighted by Gasteiger charge is -2.39. The number of nitrogens with zero attached hydrogens (tertiary/aromatic N) is 3. The minimum atomic E-state index is -0.0406. The summed E-state index contributed by atoms with van der Waals surface area (Å²) in [7, 11) is 1.82. The van der Waals surface area contributed by atoms with Gasteiger partial charge in [-0.25, -0.2) is 0 Å². The van der Waals surface area contributed by atoms with Crippen LogP contribution in [0.4, 0.5) is 0 Å². The topological polar surface area (TPSA) is 70.3 Å². The van der Waals surface area contributed by atoms with Gasteiger partial charge >= 0.3 is 0 Å². The number of carbonyl (C=O) groups is 1. The molecular formula is C18H28N4O3S. The highest BCUT2D eigenvalue weighted by Crippen LogP contribution is 2.33. The van der Waals surface area contributed by atoms with Crippen molar-refractivity contribution >= 4 is 23.6 Å². The number of amides is 1. The molecule has 1 aromatic heterocycles. The molecule has 1 aromatic rings. The zero-order valence-electron chi connectivity index (χ0n) is 15.6. The number of carbonyl (C=O) groups excluding carboxylic acids is 1. The van der Waals surface area contributed by atoms with E-state index in [2.05, 4.69) is 21.5 Å². The lowest BCUT2D eigenvalue weighted by atomic mass is 9.99. The van der Waals surface area contributed by atoms with Crippen molar-refractivity contribution in [3.8, 4) is 0 Å². The Bertz CT molecular complexity index is 606. The third-order valence-electron chi connectivity index (χ3n) is 5.22. The Hall–Kier alpha value is -1.67. The van der Waals surface area contributed by atoms with E-state index < -0.39 is 0 Å². The van der Waals surface area contributed by atoms with E-state index in [9.17, 15) is 4.79 Å². The van der Waals surface area contributed by atoms with Crippen LogP contribution in [0.2, 0.25) is 0 Å². The van der Waals surface area contributed by atoms with Crippen molar-refractivity contribution in [1.29, 1.82) is 0 Å². The predicted molar refractivity (Wildman–Crippen MR) is 104 cm³/mol. The maximum atomic E-state index is 12.4. The SMILES string of the molecule is CN=C(NCC1(SC)CCOCC1)N1CCN(C(=O)c2ccco2)CC1. The first kappa shape index (κ1) is 19.1. The van der Waals surface area contributed by atoms with Gasteiger partial charge in [0.05, 0.1) is 6.26 Å². The van der Waals surface area contributed by atoms with Gasteiger partial charge in [0.15, 0.2) is 11.7 Å². The van der Waals surface area contributed by atoms with Gasteiger partial charge in [0.2, 0.25) is 0 Å². The van der Waals surface area contributed by atoms with E-state index in [4.69, 9.17) is 9.15 Å². The molecule has 7 nitrogen and oxygen atoms in total. The zero-order chi connectivity index (χ0) is 18.4. The summed E-state index contributed by atoms with van der Waals surface area (Å²) in [6, 6.07) is 3.46. The van der Waals surface area contributed by atoms with Crippen molar-refractivity contribution < 1.29 is 13.9 Å². The molecule has 0 radical (unpaired) electrons. The Labute approximate surface area is 159 Å². The van der Waals surface area contributed by atoms with Gasteiger partial charge in [-0.05, 0) is 31.2 Å². The van der Waals surface area contributed by atoms with Crippen LogP contribution >= 0.6 is 11.8 Å². The first-order chi connectivity index (χ1) is 12.7. The fraction of sp³-hybridized carbons (Fsp3) is 0.667. The normalized spacial score (nSPS) is 20.9. The van der Waals surface area contributed by atoms with Gasteiger partial charge < -0.3 is 24.3 Å². The molecule has 26 heavy (non-hydrogen) atoms. The van der Waals surface area contributed by atoms with Crippen LogP contribution < -0.4 is 5.32 Å². The third-order valence-corrected chi connectivity index (χ3v) is 6.63. The van der Waals surface area contributed by atoms with Gasteiger partial charge in [-0.1, -0.05) is 0 Å². The average Bonchev–Trinajstić information content (AvgIpc) is 3.24. The fourth-order valence-electron chi connectivity index (χ4n) is 3.45. The van der Waals surface area contributed by atoms with Gasteiger partial charge in [0.25, 0.3) is 5.91 Å². The van der Waals surface area contributed by atoms with Crippen LogP contribution in [0, 0.1) is 0 Å². The number of rotatable bonds is 4. The molecular weight excluding hydrogens is 352 g/mol. The summed E-state index contributed by atoms with van der Waals surface area (Å²) >= 11 is 1.92. The lowest BCUT2D eigenvalue weighted by Crippen LogP contribution is -2.55. The van der Waals surface area contributed by atoms with Crippen molar-refractivity contribution in [1.82, 2.24) is 15.1 Å². The number of hydrogen-bond donors (Lipinski definition) is 1. The fourth-order valence-corrected chi connectivity index (χ4v) is 4.24. The first-order valence-corrected chi connectivity index (χ1v) is 10.3. The van der Waals surface area contributed by atoms with Crippen molar-refractivity contribution in [2.75, 3.05) is 59.2 Å². The van der Waals surface area contributed by atoms with Crippen LogP contribution in [0.15, 0.2) is 27.8 Å². The molecule has 0 saturated carbocycles. The van der Waals surface area contributed by atoms with E-state index in [1.54, 1.807) is 12.1 Å². The van der Waals surface area contributed by atoms with E-state index in [1.807, 2.05) is 23.7 Å². The molecule has 0 atom stereocenters. The summed E-state index contributed by atoms with van der Waals surface area (Å²) in [4.78, 5) is 20.9. The Morgan fingerprint density at radius 3 is 2.54 bits per heavy atom. The van der Waals surface area contributed by atoms with Crippen molar-refractivity contribution in [3.05, 3.63) is 24.2 Å². The summed E-state index contributed by atoms with van der Waals surface area (Å²) in [5, 5.41) is 3.55. The maximum absolute atomic E-state index is 12.4. The Kier molecular flexibility index (Phi) is 6.48. The van der Waals surface area contributed by atoms with E-state index in [0.29, 0.717) is 18.8 Å². The van der Waals surface area contributed by atoms with Gasteiger partial charge in [-0.3, -0.25) is 9.79 Å². The second-order valence-corrected chi connectivity index (χ2v) is 7.93. The molecule has 0 aromatic carbocycles. The molecule has 0 unspecified atom stereocenters. The average molecular weight is 381 g/mol. The molecule has 2 aliphatic heterocycles. The molecule has 3 heterocycles. The van der Waals surface area contributed by atoms with Gasteiger partial charge in [-0.2, -0.15) is 11.8 Å². The summed E-state index contributed by atoms with van der Waals surface area (Å²) in [5.41, 5.74) is 0. The highest BCUT2D eigenvalue weighted by Gasteiger charge is 2.33. The molecule has 0 bridgehead atoms. The quantitative estimate of drug-likeness (QED) is 0.631. The van der Waals surface area contributed by atoms with E-state index in [0.717, 1.165) is 51.6 Å². The Balaban J connectivity index is 1.51. The molecule has 0 spiro atoms. The van der Waals surface area contributed by atoms with E-state index in [-0.39, 0.29) is 10.7 Å². The summed E-state index contributed by atoms with van der Waals surface area (Å²) in [5.74, 6) is 1.28. The molecule has 8 heteroatoms. The molecule has 2 aliphatic rings. The lowest BCUT2D eigenvalue weighted by molar-refractivity contribution is 0.0656. The number of piperazine rings is 1. The Morgan fingerprint density at radius 1 is 1.27 bits per heavy atom. The molecule has 1 amide bonds. The molecule has 144 valence electrons. The number of furan rings is 1. The minimum absolute atomic E-state index is 0.0406. The number of hydrogen-bond acceptors (Lipinski definition) is 5. The minimum Gasteiger partial charge on any atom is -0.459 e. The predicted octanol–water partition coefficient (Wildman–Crippen LogP) is 1.52. The van der Waals surface area contributed by atoms with Crippen molar-refractivity contribution in [3.63, 3.8) is 0 Å². The maximum Gasteiger partial charge on any atom is 0.289 e. The standard InChI is InChI=1S/C18H28N4O3S/c1-19-17(20-14-18(26-2)5-12-24-13-6-18)22-9-7-21(8-10-22)16(23)15-4-3-11-25-15/h3-4,11H,5-10,12-14H2,1-2H3,(H,19,20). The number of ether oxygens (including phenoxy) is 1. The van der Waals surface area contributed by atoms with Crippen LogP contribution in [0.3, 0.4) is 0 Å². The zero-order valence-corrected chi connectivity index (χ0v) is 16.4. The molecule has 1 N–H and O–H groups in total. The van der Waals surface area contributed by atoms with E-state index in [1.165, 1.54) is 6.26 Å². The monoisotopic (exact) mass is 380 g/mol. The summed E-state index contributed by atoms with van der Waals surface area (Å²) < 4.78 is 10.9. The van der Waals surface area contributed by atoms with Crippen LogP contribution in [0.1, 0.15) is 23.4 Å². The molecule has 2 saturated heterocycles. The second kappa shape index (κ2) is 8.81. The number of thioether (sulfide) groups is 1. The van der Waals surface area contributed by atoms with Crippen molar-refractivity contribution in [2.45, 2.75) is 17.6 Å². The molecule has 3 rings (SSSR count). The van der Waals surface area contributed by atoms with Crippen molar-refractivity contribution in [2.24, 2.45) is 4.99 Å². The number of nitrogens with one attached hydrogen (secondary N) is 1. The largest absolute Gasteiger partial charge is 0.459 e. The number of guanidine groups is 1. The van der Waals surface area contributed by atoms with Gasteiger partial charge in [0, 0.05) is 57.7 Å². The highest BCUT2D eigenvalue weighted by molar-refractivity contribution is 8.00. The first-order valence-electron chi connectivity index (χ1n) is 9.09. The summed E-state index contributed by atoms with van der Waals surface area (Å²) in [6.07, 6.45) is 5.83.